The van der Waals surface area contributed by atoms with Crippen molar-refractivity contribution in [3.8, 4) is 0 Å². The van der Waals surface area contributed by atoms with Gasteiger partial charge in [-0.3, -0.25) is 10.5 Å². The zero-order chi connectivity index (χ0) is 22.1. The molecule has 0 saturated heterocycles. The molecule has 1 N–H and O–H groups in total. The number of hydrogen-bond donors (Lipinski definition) is 0. The fourth-order valence-electron chi connectivity index (χ4n) is 2.90. The van der Waals surface area contributed by atoms with Gasteiger partial charge in [0.25, 0.3) is 5.91 Å². The highest BCUT2D eigenvalue weighted by Crippen LogP contribution is 2.15. The molecule has 1 radical (unpaired) electrons. The number of aryl methyl sites for hydroxylation is 2. The number of oxime groups is 3. The van der Waals surface area contributed by atoms with Crippen molar-refractivity contribution in [1.82, 2.24) is 5.73 Å². The average molecular weight is 409 g/mol. The molecule has 0 aromatic heterocycles. The Morgan fingerprint density at radius 2 is 1.60 bits per heavy atom. The topological polar surface area (TPSA) is 106 Å². The molecule has 8 nitrogen and oxygen atoms in total. The molecule has 2 aromatic carbocycles. The summed E-state index contributed by atoms with van der Waals surface area (Å²) in [4.78, 5) is 26.8. The van der Waals surface area contributed by atoms with Crippen LogP contribution in [0.1, 0.15) is 34.7 Å². The van der Waals surface area contributed by atoms with Gasteiger partial charge in [0, 0.05) is 16.7 Å². The largest absolute Gasteiger partial charge is 0.399 e. The van der Waals surface area contributed by atoms with Gasteiger partial charge in [0.15, 0.2) is 5.71 Å². The number of carbonyl (C=O) groups is 1. The summed E-state index contributed by atoms with van der Waals surface area (Å²) in [5, 5.41) is 11.9. The molecular weight excluding hydrogens is 384 g/mol. The number of nitrogens with zero attached hydrogens (tertiary/aromatic N) is 3. The van der Waals surface area contributed by atoms with E-state index < -0.39 is 5.91 Å². The quantitative estimate of drug-likeness (QED) is 0.467. The lowest BCUT2D eigenvalue weighted by Crippen LogP contribution is -2.19. The van der Waals surface area contributed by atoms with Crippen molar-refractivity contribution in [2.45, 2.75) is 27.4 Å². The minimum atomic E-state index is -0.951. The van der Waals surface area contributed by atoms with Crippen LogP contribution in [0.25, 0.3) is 0 Å². The van der Waals surface area contributed by atoms with Gasteiger partial charge in [-0.15, -0.1) is 0 Å². The highest BCUT2D eigenvalue weighted by molar-refractivity contribution is 6.47. The number of benzene rings is 2. The van der Waals surface area contributed by atoms with Gasteiger partial charge in [-0.05, 0) is 26.3 Å². The van der Waals surface area contributed by atoms with Crippen LogP contribution in [0.4, 0.5) is 0 Å². The van der Waals surface area contributed by atoms with E-state index in [1.54, 1.807) is 31.2 Å². The molecule has 0 aliphatic heterocycles. The molecule has 0 bridgehead atoms. The Bertz CT molecular complexity index is 996. The van der Waals surface area contributed by atoms with Crippen LogP contribution in [0.2, 0.25) is 0 Å². The van der Waals surface area contributed by atoms with Crippen LogP contribution in [0, 0.1) is 13.8 Å². The van der Waals surface area contributed by atoms with Gasteiger partial charge in [0.2, 0.25) is 0 Å². The van der Waals surface area contributed by atoms with Gasteiger partial charge in [-0.2, -0.15) is 0 Å². The third-order valence-corrected chi connectivity index (χ3v) is 4.25. The number of carbonyl (C=O) groups excluding carboxylic acids is 1. The molecule has 0 aliphatic carbocycles. The maximum Gasteiger partial charge on any atom is 0.292 e. The smallest absolute Gasteiger partial charge is 0.292 e. The second-order valence-corrected chi connectivity index (χ2v) is 6.50. The Morgan fingerprint density at radius 3 is 2.23 bits per heavy atom. The SMILES string of the molecule is CO/N=C(\C(C)=N/OCc1ccccc1/C(=N/OC)C([NH])=O)c1ccc(C)cc1C. The van der Waals surface area contributed by atoms with Crippen LogP contribution in [-0.2, 0) is 25.9 Å². The highest BCUT2D eigenvalue weighted by atomic mass is 16.6. The van der Waals surface area contributed by atoms with Crippen LogP contribution in [0.3, 0.4) is 0 Å². The molecule has 157 valence electrons. The van der Waals surface area contributed by atoms with Crippen LogP contribution in [0.15, 0.2) is 57.9 Å². The summed E-state index contributed by atoms with van der Waals surface area (Å²) in [5.74, 6) is -0.951. The van der Waals surface area contributed by atoms with Gasteiger partial charge in [0.05, 0.1) is 0 Å². The molecule has 2 aromatic rings. The average Bonchev–Trinajstić information content (AvgIpc) is 2.71. The molecule has 8 heteroatoms. The van der Waals surface area contributed by atoms with Crippen molar-refractivity contribution in [2.24, 2.45) is 15.5 Å². The standard InChI is InChI=1S/C22H25N4O4/c1-14-10-11-18(15(2)12-14)20(25-28-4)16(3)24-30-13-17-8-6-7-9-19(17)21(22(23)27)26-29-5/h6-12,23H,13H2,1-5H3/b24-16-,25-20+,26-21-. The van der Waals surface area contributed by atoms with Gasteiger partial charge in [-0.25, -0.2) is 0 Å². The number of rotatable bonds is 9. The van der Waals surface area contributed by atoms with E-state index in [2.05, 4.69) is 21.5 Å². The lowest BCUT2D eigenvalue weighted by Gasteiger charge is -2.11. The molecule has 0 heterocycles. The molecule has 0 unspecified atom stereocenters. The van der Waals surface area contributed by atoms with Crippen molar-refractivity contribution >= 4 is 23.0 Å². The highest BCUT2D eigenvalue weighted by Gasteiger charge is 2.17. The van der Waals surface area contributed by atoms with Crippen molar-refractivity contribution in [1.29, 1.82) is 0 Å². The van der Waals surface area contributed by atoms with E-state index in [1.165, 1.54) is 14.2 Å². The van der Waals surface area contributed by atoms with Gasteiger partial charge < -0.3 is 14.5 Å². The first-order valence-electron chi connectivity index (χ1n) is 9.20. The number of hydrogen-bond acceptors (Lipinski definition) is 7. The van der Waals surface area contributed by atoms with E-state index in [1.807, 2.05) is 26.0 Å². The molecule has 2 rings (SSSR count). The summed E-state index contributed by atoms with van der Waals surface area (Å²) in [6.07, 6.45) is 0. The predicted molar refractivity (Wildman–Crippen MR) is 115 cm³/mol. The van der Waals surface area contributed by atoms with E-state index in [4.69, 9.17) is 20.2 Å². The molecular formula is C22H25N4O4. The minimum absolute atomic E-state index is 0.0661. The van der Waals surface area contributed by atoms with Gasteiger partial charge in [0.1, 0.15) is 32.2 Å². The van der Waals surface area contributed by atoms with Crippen LogP contribution < -0.4 is 5.73 Å². The second-order valence-electron chi connectivity index (χ2n) is 6.50. The number of nitrogens with one attached hydrogen (secondary N) is 1. The molecule has 0 spiro atoms. The monoisotopic (exact) mass is 409 g/mol. The maximum atomic E-state index is 11.6. The van der Waals surface area contributed by atoms with Crippen LogP contribution in [0.5, 0.6) is 0 Å². The predicted octanol–water partition coefficient (Wildman–Crippen LogP) is 3.41. The van der Waals surface area contributed by atoms with E-state index in [0.29, 0.717) is 22.6 Å². The summed E-state index contributed by atoms with van der Waals surface area (Å²) in [6, 6.07) is 13.0. The third kappa shape index (κ3) is 5.66. The zero-order valence-electron chi connectivity index (χ0n) is 17.7. The van der Waals surface area contributed by atoms with E-state index in [9.17, 15) is 4.79 Å². The summed E-state index contributed by atoms with van der Waals surface area (Å²) >= 11 is 0. The maximum absolute atomic E-state index is 11.6. The Kier molecular flexibility index (Phi) is 8.10. The minimum Gasteiger partial charge on any atom is -0.399 e. The fourth-order valence-corrected chi connectivity index (χ4v) is 2.90. The lowest BCUT2D eigenvalue weighted by molar-refractivity contribution is -0.112. The summed E-state index contributed by atoms with van der Waals surface area (Å²) in [7, 11) is 2.79. The molecule has 0 fully saturated rings. The van der Waals surface area contributed by atoms with Gasteiger partial charge in [-0.1, -0.05) is 63.5 Å². The van der Waals surface area contributed by atoms with Crippen molar-refractivity contribution in [3.63, 3.8) is 0 Å². The normalized spacial score (nSPS) is 12.5. The summed E-state index contributed by atoms with van der Waals surface area (Å²) < 4.78 is 0. The van der Waals surface area contributed by atoms with Crippen LogP contribution in [-0.4, -0.2) is 37.3 Å². The Hall–Kier alpha value is -3.68. The molecule has 0 atom stereocenters. The van der Waals surface area contributed by atoms with E-state index >= 15 is 0 Å². The molecule has 0 saturated carbocycles. The first-order valence-corrected chi connectivity index (χ1v) is 9.20. The van der Waals surface area contributed by atoms with E-state index in [0.717, 1.165) is 16.7 Å². The fraction of sp³-hybridized carbons (Fsp3) is 0.273. The Balaban J connectivity index is 2.27. The van der Waals surface area contributed by atoms with Crippen molar-refractivity contribution in [3.05, 3.63) is 70.3 Å². The first kappa shape index (κ1) is 22.6. The van der Waals surface area contributed by atoms with Crippen molar-refractivity contribution in [2.75, 3.05) is 14.2 Å². The number of amides is 1. The lowest BCUT2D eigenvalue weighted by atomic mass is 9.99. The van der Waals surface area contributed by atoms with Gasteiger partial charge >= 0.3 is 0 Å². The molecule has 0 aliphatic rings. The summed E-state index contributed by atoms with van der Waals surface area (Å²) in [5.41, 5.74) is 12.6. The van der Waals surface area contributed by atoms with E-state index in [-0.39, 0.29) is 12.3 Å². The third-order valence-electron chi connectivity index (χ3n) is 4.25. The Labute approximate surface area is 176 Å². The zero-order valence-corrected chi connectivity index (χ0v) is 17.7. The Morgan fingerprint density at radius 1 is 0.933 bits per heavy atom. The van der Waals surface area contributed by atoms with Crippen molar-refractivity contribution < 1.29 is 19.3 Å². The molecule has 30 heavy (non-hydrogen) atoms. The second kappa shape index (κ2) is 10.8. The first-order chi connectivity index (χ1) is 14.4. The van der Waals surface area contributed by atoms with Crippen LogP contribution >= 0.6 is 0 Å². The molecule has 1 amide bonds. The summed E-state index contributed by atoms with van der Waals surface area (Å²) in [6.45, 7) is 5.85.